The Hall–Kier alpha value is -1.94. The Morgan fingerprint density at radius 3 is 2.74 bits per heavy atom. The zero-order valence-electron chi connectivity index (χ0n) is 11.3. The van der Waals surface area contributed by atoms with E-state index in [-0.39, 0.29) is 0 Å². The molecule has 0 unspecified atom stereocenters. The molecule has 1 heterocycles. The molecule has 0 aliphatic carbocycles. The van der Waals surface area contributed by atoms with Crippen LogP contribution in [0.2, 0.25) is 0 Å². The lowest BCUT2D eigenvalue weighted by atomic mass is 10.2. The van der Waals surface area contributed by atoms with Crippen LogP contribution in [0, 0.1) is 0 Å². The fourth-order valence-electron chi connectivity index (χ4n) is 1.90. The average molecular weight is 261 g/mol. The Morgan fingerprint density at radius 2 is 2.05 bits per heavy atom. The normalized spacial score (nSPS) is 10.4. The summed E-state index contributed by atoms with van der Waals surface area (Å²) in [7, 11) is 1.65. The SMILES string of the molecule is CCOc1c(CNCc2ccco2)cccc1OC. The van der Waals surface area contributed by atoms with Crippen molar-refractivity contribution in [2.24, 2.45) is 0 Å². The van der Waals surface area contributed by atoms with Crippen molar-refractivity contribution in [3.8, 4) is 11.5 Å². The van der Waals surface area contributed by atoms with Gasteiger partial charge in [0, 0.05) is 12.1 Å². The molecule has 0 aliphatic heterocycles. The summed E-state index contributed by atoms with van der Waals surface area (Å²) in [5.41, 5.74) is 1.08. The number of nitrogens with one attached hydrogen (secondary N) is 1. The number of benzene rings is 1. The average Bonchev–Trinajstić information content (AvgIpc) is 2.94. The van der Waals surface area contributed by atoms with Crippen LogP contribution in [0.4, 0.5) is 0 Å². The first-order valence-electron chi connectivity index (χ1n) is 6.37. The van der Waals surface area contributed by atoms with Crippen LogP contribution in [0.15, 0.2) is 41.0 Å². The fourth-order valence-corrected chi connectivity index (χ4v) is 1.90. The first-order chi connectivity index (χ1) is 9.35. The van der Waals surface area contributed by atoms with Gasteiger partial charge in [-0.25, -0.2) is 0 Å². The molecule has 1 N–H and O–H groups in total. The zero-order valence-corrected chi connectivity index (χ0v) is 11.3. The maximum Gasteiger partial charge on any atom is 0.165 e. The molecule has 1 aromatic heterocycles. The zero-order chi connectivity index (χ0) is 13.5. The quantitative estimate of drug-likeness (QED) is 0.832. The predicted octanol–water partition coefficient (Wildman–Crippen LogP) is 2.98. The molecule has 1 aromatic carbocycles. The lowest BCUT2D eigenvalue weighted by molar-refractivity contribution is 0.306. The summed E-state index contributed by atoms with van der Waals surface area (Å²) >= 11 is 0. The highest BCUT2D eigenvalue weighted by molar-refractivity contribution is 5.46. The Labute approximate surface area is 113 Å². The standard InChI is InChI=1S/C15H19NO3/c1-3-18-15-12(6-4-8-14(15)17-2)10-16-11-13-7-5-9-19-13/h4-9,16H,3,10-11H2,1-2H3. The lowest BCUT2D eigenvalue weighted by Gasteiger charge is -2.14. The van der Waals surface area contributed by atoms with Crippen LogP contribution >= 0.6 is 0 Å². The summed E-state index contributed by atoms with van der Waals surface area (Å²) in [5, 5.41) is 3.32. The monoisotopic (exact) mass is 261 g/mol. The molecule has 19 heavy (non-hydrogen) atoms. The third-order valence-corrected chi connectivity index (χ3v) is 2.76. The highest BCUT2D eigenvalue weighted by Gasteiger charge is 2.09. The maximum atomic E-state index is 5.66. The Morgan fingerprint density at radius 1 is 1.16 bits per heavy atom. The molecule has 0 spiro atoms. The maximum absolute atomic E-state index is 5.66. The van der Waals surface area contributed by atoms with Crippen LogP contribution in [0.1, 0.15) is 18.2 Å². The first kappa shape index (κ1) is 13.5. The van der Waals surface area contributed by atoms with E-state index in [2.05, 4.69) is 5.32 Å². The molecule has 0 aliphatic rings. The molecule has 2 rings (SSSR count). The highest BCUT2D eigenvalue weighted by atomic mass is 16.5. The van der Waals surface area contributed by atoms with E-state index in [9.17, 15) is 0 Å². The molecule has 4 nitrogen and oxygen atoms in total. The van der Waals surface area contributed by atoms with E-state index in [0.717, 1.165) is 22.8 Å². The van der Waals surface area contributed by atoms with Gasteiger partial charge in [0.1, 0.15) is 5.76 Å². The highest BCUT2D eigenvalue weighted by Crippen LogP contribution is 2.30. The van der Waals surface area contributed by atoms with Crippen molar-refractivity contribution in [3.05, 3.63) is 47.9 Å². The van der Waals surface area contributed by atoms with Gasteiger partial charge in [0.2, 0.25) is 0 Å². The van der Waals surface area contributed by atoms with Gasteiger partial charge in [0.25, 0.3) is 0 Å². The second kappa shape index (κ2) is 6.85. The second-order valence-corrected chi connectivity index (χ2v) is 4.06. The molecule has 0 atom stereocenters. The van der Waals surface area contributed by atoms with Crippen LogP contribution in [-0.2, 0) is 13.1 Å². The van der Waals surface area contributed by atoms with E-state index in [1.807, 2.05) is 37.3 Å². The Kier molecular flexibility index (Phi) is 4.86. The van der Waals surface area contributed by atoms with Crippen molar-refractivity contribution in [1.29, 1.82) is 0 Å². The Balaban J connectivity index is 2.02. The van der Waals surface area contributed by atoms with Gasteiger partial charge < -0.3 is 19.2 Å². The molecule has 2 aromatic rings. The fraction of sp³-hybridized carbons (Fsp3) is 0.333. The summed E-state index contributed by atoms with van der Waals surface area (Å²) in [6.45, 7) is 3.97. The molecule has 0 saturated carbocycles. The first-order valence-corrected chi connectivity index (χ1v) is 6.37. The number of methoxy groups -OCH3 is 1. The van der Waals surface area contributed by atoms with Crippen LogP contribution in [-0.4, -0.2) is 13.7 Å². The predicted molar refractivity (Wildman–Crippen MR) is 73.4 cm³/mol. The summed E-state index contributed by atoms with van der Waals surface area (Å²) in [4.78, 5) is 0. The Bertz CT molecular complexity index is 494. The summed E-state index contributed by atoms with van der Waals surface area (Å²) in [6.07, 6.45) is 1.67. The number of ether oxygens (including phenoxy) is 2. The largest absolute Gasteiger partial charge is 0.493 e. The molecule has 0 bridgehead atoms. The van der Waals surface area contributed by atoms with Crippen molar-refractivity contribution in [2.75, 3.05) is 13.7 Å². The van der Waals surface area contributed by atoms with Gasteiger partial charge in [-0.05, 0) is 25.1 Å². The minimum Gasteiger partial charge on any atom is -0.493 e. The molecule has 0 radical (unpaired) electrons. The van der Waals surface area contributed by atoms with Gasteiger partial charge in [0.05, 0.1) is 26.5 Å². The topological polar surface area (TPSA) is 43.6 Å². The number of hydrogen-bond acceptors (Lipinski definition) is 4. The van der Waals surface area contributed by atoms with Crippen LogP contribution < -0.4 is 14.8 Å². The smallest absolute Gasteiger partial charge is 0.165 e. The van der Waals surface area contributed by atoms with Crippen LogP contribution in [0.25, 0.3) is 0 Å². The van der Waals surface area contributed by atoms with Crippen molar-refractivity contribution in [3.63, 3.8) is 0 Å². The van der Waals surface area contributed by atoms with Gasteiger partial charge >= 0.3 is 0 Å². The van der Waals surface area contributed by atoms with E-state index >= 15 is 0 Å². The number of furan rings is 1. The van der Waals surface area contributed by atoms with Crippen molar-refractivity contribution < 1.29 is 13.9 Å². The summed E-state index contributed by atoms with van der Waals surface area (Å²) in [5.74, 6) is 2.49. The van der Waals surface area contributed by atoms with Gasteiger partial charge in [-0.2, -0.15) is 0 Å². The van der Waals surface area contributed by atoms with Crippen LogP contribution in [0.5, 0.6) is 11.5 Å². The van der Waals surface area contributed by atoms with E-state index in [1.165, 1.54) is 0 Å². The van der Waals surface area contributed by atoms with E-state index in [4.69, 9.17) is 13.9 Å². The summed E-state index contributed by atoms with van der Waals surface area (Å²) in [6, 6.07) is 9.73. The minimum absolute atomic E-state index is 0.617. The molecule has 0 amide bonds. The van der Waals surface area contributed by atoms with Gasteiger partial charge in [-0.15, -0.1) is 0 Å². The molecule has 4 heteroatoms. The van der Waals surface area contributed by atoms with Gasteiger partial charge in [0.15, 0.2) is 11.5 Å². The van der Waals surface area contributed by atoms with Gasteiger partial charge in [-0.3, -0.25) is 0 Å². The van der Waals surface area contributed by atoms with Crippen LogP contribution in [0.3, 0.4) is 0 Å². The van der Waals surface area contributed by atoms with Crippen molar-refractivity contribution in [1.82, 2.24) is 5.32 Å². The van der Waals surface area contributed by atoms with Crippen molar-refractivity contribution >= 4 is 0 Å². The molecule has 0 fully saturated rings. The molecule has 102 valence electrons. The van der Waals surface area contributed by atoms with Crippen molar-refractivity contribution in [2.45, 2.75) is 20.0 Å². The van der Waals surface area contributed by atoms with E-state index in [1.54, 1.807) is 13.4 Å². The molecule has 0 saturated heterocycles. The van der Waals surface area contributed by atoms with E-state index in [0.29, 0.717) is 19.7 Å². The number of hydrogen-bond donors (Lipinski definition) is 1. The van der Waals surface area contributed by atoms with E-state index < -0.39 is 0 Å². The number of rotatable bonds is 7. The second-order valence-electron chi connectivity index (χ2n) is 4.06. The molecular formula is C15H19NO3. The number of para-hydroxylation sites is 1. The third-order valence-electron chi connectivity index (χ3n) is 2.76. The van der Waals surface area contributed by atoms with Gasteiger partial charge in [-0.1, -0.05) is 12.1 Å². The summed E-state index contributed by atoms with van der Waals surface area (Å²) < 4.78 is 16.3. The lowest BCUT2D eigenvalue weighted by Crippen LogP contribution is -2.13. The minimum atomic E-state index is 0.617. The molecular weight excluding hydrogens is 242 g/mol. The third kappa shape index (κ3) is 3.51.